The number of fused-ring (bicyclic) bond motifs is 1. The molecule has 19 heavy (non-hydrogen) atoms. The SMILES string of the molecule is CCC(CC)N(CCBr)CC1COc2ccccc21. The molecule has 0 amide bonds. The predicted molar refractivity (Wildman–Crippen MR) is 84.4 cm³/mol. The maximum Gasteiger partial charge on any atom is 0.122 e. The van der Waals surface area contributed by atoms with Gasteiger partial charge in [-0.2, -0.15) is 0 Å². The molecule has 0 N–H and O–H groups in total. The molecule has 0 fully saturated rings. The zero-order valence-electron chi connectivity index (χ0n) is 11.9. The Morgan fingerprint density at radius 2 is 2.05 bits per heavy atom. The standard InChI is InChI=1S/C16H24BrNO/c1-3-14(4-2)18(10-9-17)11-13-12-19-16-8-6-5-7-15(13)16/h5-8,13-14H,3-4,9-12H2,1-2H3. The molecule has 0 saturated heterocycles. The van der Waals surface area contributed by atoms with E-state index in [1.165, 1.54) is 18.4 Å². The van der Waals surface area contributed by atoms with Crippen LogP contribution in [0.4, 0.5) is 0 Å². The van der Waals surface area contributed by atoms with Gasteiger partial charge in [0, 0.05) is 35.9 Å². The summed E-state index contributed by atoms with van der Waals surface area (Å²) in [6.45, 7) is 7.63. The predicted octanol–water partition coefficient (Wildman–Crippen LogP) is 4.05. The van der Waals surface area contributed by atoms with Crippen molar-refractivity contribution in [3.05, 3.63) is 29.8 Å². The van der Waals surface area contributed by atoms with Gasteiger partial charge < -0.3 is 4.74 Å². The highest BCUT2D eigenvalue weighted by atomic mass is 79.9. The van der Waals surface area contributed by atoms with Gasteiger partial charge in [0.25, 0.3) is 0 Å². The van der Waals surface area contributed by atoms with Crippen molar-refractivity contribution < 1.29 is 4.74 Å². The van der Waals surface area contributed by atoms with Crippen LogP contribution in [0.25, 0.3) is 0 Å². The molecule has 0 bridgehead atoms. The second-order valence-electron chi connectivity index (χ2n) is 5.20. The maximum atomic E-state index is 5.80. The third-order valence-corrected chi connectivity index (χ3v) is 4.44. The summed E-state index contributed by atoms with van der Waals surface area (Å²) in [5.74, 6) is 1.60. The van der Waals surface area contributed by atoms with E-state index in [9.17, 15) is 0 Å². The molecule has 0 saturated carbocycles. The summed E-state index contributed by atoms with van der Waals surface area (Å²) in [5.41, 5.74) is 1.38. The first kappa shape index (κ1) is 14.9. The number of ether oxygens (including phenoxy) is 1. The molecule has 0 aromatic heterocycles. The van der Waals surface area contributed by atoms with E-state index >= 15 is 0 Å². The van der Waals surface area contributed by atoms with Gasteiger partial charge in [-0.25, -0.2) is 0 Å². The van der Waals surface area contributed by atoms with Crippen LogP contribution in [0.15, 0.2) is 24.3 Å². The van der Waals surface area contributed by atoms with Crippen LogP contribution < -0.4 is 4.74 Å². The van der Waals surface area contributed by atoms with Gasteiger partial charge in [0.1, 0.15) is 5.75 Å². The van der Waals surface area contributed by atoms with E-state index in [0.29, 0.717) is 12.0 Å². The quantitative estimate of drug-likeness (QED) is 0.701. The number of halogens is 1. The Morgan fingerprint density at radius 3 is 2.74 bits per heavy atom. The molecule has 0 radical (unpaired) electrons. The number of nitrogens with zero attached hydrogens (tertiary/aromatic N) is 1. The lowest BCUT2D eigenvalue weighted by Crippen LogP contribution is -2.39. The smallest absolute Gasteiger partial charge is 0.122 e. The fourth-order valence-corrected chi connectivity index (χ4v) is 3.46. The summed E-state index contributed by atoms with van der Waals surface area (Å²) in [5, 5.41) is 1.04. The van der Waals surface area contributed by atoms with Crippen molar-refractivity contribution in [3.63, 3.8) is 0 Å². The van der Waals surface area contributed by atoms with E-state index in [4.69, 9.17) is 4.74 Å². The molecule has 0 aliphatic carbocycles. The third kappa shape index (κ3) is 3.51. The number of hydrogen-bond donors (Lipinski definition) is 0. The van der Waals surface area contributed by atoms with Crippen LogP contribution in [0.5, 0.6) is 5.75 Å². The van der Waals surface area contributed by atoms with Crippen LogP contribution in [-0.2, 0) is 0 Å². The van der Waals surface area contributed by atoms with Gasteiger partial charge in [-0.15, -0.1) is 0 Å². The van der Waals surface area contributed by atoms with E-state index < -0.39 is 0 Å². The van der Waals surface area contributed by atoms with Crippen molar-refractivity contribution in [3.8, 4) is 5.75 Å². The highest BCUT2D eigenvalue weighted by Crippen LogP contribution is 2.34. The third-order valence-electron chi connectivity index (χ3n) is 4.08. The van der Waals surface area contributed by atoms with Crippen molar-refractivity contribution in [2.24, 2.45) is 0 Å². The van der Waals surface area contributed by atoms with Crippen LogP contribution in [0.1, 0.15) is 38.2 Å². The molecule has 1 aromatic carbocycles. The normalized spacial score (nSPS) is 17.8. The molecule has 2 rings (SSSR count). The van der Waals surface area contributed by atoms with E-state index in [1.54, 1.807) is 0 Å². The minimum Gasteiger partial charge on any atom is -0.493 e. The molecule has 1 unspecified atom stereocenters. The molecule has 1 aliphatic rings. The van der Waals surface area contributed by atoms with Gasteiger partial charge in [-0.1, -0.05) is 48.0 Å². The molecular formula is C16H24BrNO. The zero-order chi connectivity index (χ0) is 13.7. The van der Waals surface area contributed by atoms with Gasteiger partial charge in [-0.05, 0) is 18.9 Å². The average molecular weight is 326 g/mol. The average Bonchev–Trinajstić information content (AvgIpc) is 2.84. The maximum absolute atomic E-state index is 5.80. The van der Waals surface area contributed by atoms with Crippen LogP contribution in [-0.4, -0.2) is 36.0 Å². The molecule has 3 heteroatoms. The molecule has 0 spiro atoms. The first-order valence-electron chi connectivity index (χ1n) is 7.31. The first-order chi connectivity index (χ1) is 9.30. The lowest BCUT2D eigenvalue weighted by molar-refractivity contribution is 0.175. The number of para-hydroxylation sites is 1. The van der Waals surface area contributed by atoms with Gasteiger partial charge >= 0.3 is 0 Å². The second-order valence-corrected chi connectivity index (χ2v) is 5.99. The van der Waals surface area contributed by atoms with Gasteiger partial charge in [0.2, 0.25) is 0 Å². The zero-order valence-corrected chi connectivity index (χ0v) is 13.5. The molecule has 106 valence electrons. The van der Waals surface area contributed by atoms with Gasteiger partial charge in [0.05, 0.1) is 6.61 Å². The topological polar surface area (TPSA) is 12.5 Å². The number of benzene rings is 1. The van der Waals surface area contributed by atoms with Crippen molar-refractivity contribution >= 4 is 15.9 Å². The van der Waals surface area contributed by atoms with Crippen LogP contribution >= 0.6 is 15.9 Å². The largest absolute Gasteiger partial charge is 0.493 e. The Hall–Kier alpha value is -0.540. The summed E-state index contributed by atoms with van der Waals surface area (Å²) >= 11 is 3.58. The van der Waals surface area contributed by atoms with Gasteiger partial charge in [-0.3, -0.25) is 4.90 Å². The highest BCUT2D eigenvalue weighted by Gasteiger charge is 2.27. The molecule has 1 aliphatic heterocycles. The Bertz CT molecular complexity index is 392. The van der Waals surface area contributed by atoms with E-state index in [0.717, 1.165) is 30.8 Å². The molecule has 2 nitrogen and oxygen atoms in total. The van der Waals surface area contributed by atoms with E-state index in [2.05, 4.69) is 58.9 Å². The van der Waals surface area contributed by atoms with Crippen molar-refractivity contribution in [1.29, 1.82) is 0 Å². The fraction of sp³-hybridized carbons (Fsp3) is 0.625. The minimum atomic E-state index is 0.524. The summed E-state index contributed by atoms with van der Waals surface area (Å²) in [6.07, 6.45) is 2.44. The van der Waals surface area contributed by atoms with Crippen LogP contribution in [0, 0.1) is 0 Å². The van der Waals surface area contributed by atoms with Gasteiger partial charge in [0.15, 0.2) is 0 Å². The van der Waals surface area contributed by atoms with Crippen LogP contribution in [0.3, 0.4) is 0 Å². The highest BCUT2D eigenvalue weighted by molar-refractivity contribution is 9.09. The van der Waals surface area contributed by atoms with Crippen molar-refractivity contribution in [2.75, 3.05) is 25.0 Å². The Labute approximate surface area is 125 Å². The fourth-order valence-electron chi connectivity index (χ4n) is 3.00. The first-order valence-corrected chi connectivity index (χ1v) is 8.44. The van der Waals surface area contributed by atoms with Crippen LogP contribution in [0.2, 0.25) is 0 Å². The molecule has 1 atom stereocenters. The number of hydrogen-bond acceptors (Lipinski definition) is 2. The summed E-state index contributed by atoms with van der Waals surface area (Å²) in [4.78, 5) is 2.62. The molecule has 1 heterocycles. The molecule has 1 aromatic rings. The summed E-state index contributed by atoms with van der Waals surface area (Å²) < 4.78 is 5.80. The van der Waals surface area contributed by atoms with Crippen molar-refractivity contribution in [2.45, 2.75) is 38.6 Å². The summed E-state index contributed by atoms with van der Waals surface area (Å²) in [6, 6.07) is 9.16. The Morgan fingerprint density at radius 1 is 1.32 bits per heavy atom. The second kappa shape index (κ2) is 7.30. The Balaban J connectivity index is 2.06. The van der Waals surface area contributed by atoms with Crippen molar-refractivity contribution in [1.82, 2.24) is 4.90 Å². The summed E-state index contributed by atoms with van der Waals surface area (Å²) in [7, 11) is 0. The number of rotatable bonds is 7. The monoisotopic (exact) mass is 325 g/mol. The lowest BCUT2D eigenvalue weighted by atomic mass is 9.99. The molecular weight excluding hydrogens is 302 g/mol. The number of alkyl halides is 1. The van der Waals surface area contributed by atoms with E-state index in [-0.39, 0.29) is 0 Å². The minimum absolute atomic E-state index is 0.524. The van der Waals surface area contributed by atoms with E-state index in [1.807, 2.05) is 0 Å². The Kier molecular flexibility index (Phi) is 5.71. The lowest BCUT2D eigenvalue weighted by Gasteiger charge is -2.31.